The predicted octanol–water partition coefficient (Wildman–Crippen LogP) is 3.56. The van der Waals surface area contributed by atoms with Crippen molar-refractivity contribution in [3.05, 3.63) is 34.1 Å². The molecular formula is C14H13Cl2N3O. The van der Waals surface area contributed by atoms with Gasteiger partial charge in [0.05, 0.1) is 10.6 Å². The normalized spacial score (nSPS) is 15.6. The Balaban J connectivity index is 2.08. The summed E-state index contributed by atoms with van der Waals surface area (Å²) in [5, 5.41) is 1.11. The van der Waals surface area contributed by atoms with Crippen LogP contribution in [0.5, 0.6) is 0 Å². The standard InChI is InChI=1S/C14H13Cl2N3O/c15-11-9-5-4-6-17-13(9)18-12(16)10(11)14(20)19-7-2-1-3-8-19/h4-6H,1-3,7-8H2. The molecule has 1 aliphatic rings. The number of piperidine rings is 1. The first kappa shape index (κ1) is 13.6. The number of carbonyl (C=O) groups is 1. The van der Waals surface area contributed by atoms with Crippen LogP contribution in [0.1, 0.15) is 29.6 Å². The van der Waals surface area contributed by atoms with Crippen LogP contribution in [0.15, 0.2) is 18.3 Å². The number of aromatic nitrogens is 2. The van der Waals surface area contributed by atoms with Gasteiger partial charge in [-0.3, -0.25) is 4.79 Å². The Morgan fingerprint density at radius 1 is 1.20 bits per heavy atom. The molecule has 104 valence electrons. The van der Waals surface area contributed by atoms with Gasteiger partial charge in [0.25, 0.3) is 5.91 Å². The number of fused-ring (bicyclic) bond motifs is 1. The Bertz CT molecular complexity index is 669. The molecule has 3 rings (SSSR count). The summed E-state index contributed by atoms with van der Waals surface area (Å²) >= 11 is 12.5. The number of hydrogen-bond donors (Lipinski definition) is 0. The summed E-state index contributed by atoms with van der Waals surface area (Å²) in [6.45, 7) is 1.49. The molecule has 0 N–H and O–H groups in total. The second-order valence-corrected chi connectivity index (χ2v) is 5.56. The molecule has 1 fully saturated rings. The van der Waals surface area contributed by atoms with Gasteiger partial charge in [0.2, 0.25) is 0 Å². The number of rotatable bonds is 1. The van der Waals surface area contributed by atoms with Crippen molar-refractivity contribution >= 4 is 40.1 Å². The van der Waals surface area contributed by atoms with Gasteiger partial charge in [-0.15, -0.1) is 0 Å². The van der Waals surface area contributed by atoms with Crippen LogP contribution in [0, 0.1) is 0 Å². The minimum absolute atomic E-state index is 0.122. The molecule has 2 aromatic heterocycles. The minimum atomic E-state index is -0.141. The number of hydrogen-bond acceptors (Lipinski definition) is 3. The molecule has 0 radical (unpaired) electrons. The smallest absolute Gasteiger partial charge is 0.258 e. The number of carbonyl (C=O) groups excluding carboxylic acids is 1. The number of halogens is 2. The van der Waals surface area contributed by atoms with Crippen molar-refractivity contribution in [1.29, 1.82) is 0 Å². The predicted molar refractivity (Wildman–Crippen MR) is 79.3 cm³/mol. The lowest BCUT2D eigenvalue weighted by molar-refractivity contribution is 0.0724. The average molecular weight is 310 g/mol. The molecule has 0 aromatic carbocycles. The monoisotopic (exact) mass is 309 g/mol. The Morgan fingerprint density at radius 2 is 1.95 bits per heavy atom. The lowest BCUT2D eigenvalue weighted by Crippen LogP contribution is -2.36. The van der Waals surface area contributed by atoms with Gasteiger partial charge in [-0.2, -0.15) is 0 Å². The van der Waals surface area contributed by atoms with Gasteiger partial charge in [-0.25, -0.2) is 9.97 Å². The Morgan fingerprint density at radius 3 is 2.70 bits per heavy atom. The zero-order chi connectivity index (χ0) is 14.1. The average Bonchev–Trinajstić information content (AvgIpc) is 2.48. The molecule has 0 spiro atoms. The third kappa shape index (κ3) is 2.34. The number of amides is 1. The van der Waals surface area contributed by atoms with Gasteiger partial charge in [0.1, 0.15) is 5.15 Å². The van der Waals surface area contributed by atoms with Gasteiger partial charge in [-0.05, 0) is 31.4 Å². The number of pyridine rings is 2. The maximum absolute atomic E-state index is 12.6. The minimum Gasteiger partial charge on any atom is -0.339 e. The van der Waals surface area contributed by atoms with E-state index < -0.39 is 0 Å². The molecule has 3 heterocycles. The van der Waals surface area contributed by atoms with Crippen LogP contribution in [0.4, 0.5) is 0 Å². The molecule has 0 bridgehead atoms. The highest BCUT2D eigenvalue weighted by Crippen LogP contribution is 2.31. The van der Waals surface area contributed by atoms with Crippen LogP contribution < -0.4 is 0 Å². The zero-order valence-corrected chi connectivity index (χ0v) is 12.3. The second kappa shape index (κ2) is 5.54. The third-order valence-corrected chi connectivity index (χ3v) is 4.18. The van der Waals surface area contributed by atoms with Gasteiger partial charge in [0, 0.05) is 24.7 Å². The van der Waals surface area contributed by atoms with Crippen molar-refractivity contribution in [2.24, 2.45) is 0 Å². The molecule has 1 amide bonds. The van der Waals surface area contributed by atoms with E-state index in [1.807, 2.05) is 0 Å². The van der Waals surface area contributed by atoms with Crippen LogP contribution in [0.3, 0.4) is 0 Å². The first-order valence-electron chi connectivity index (χ1n) is 6.57. The highest BCUT2D eigenvalue weighted by Gasteiger charge is 2.25. The summed E-state index contributed by atoms with van der Waals surface area (Å²) in [6.07, 6.45) is 4.81. The lowest BCUT2D eigenvalue weighted by Gasteiger charge is -2.27. The van der Waals surface area contributed by atoms with E-state index in [9.17, 15) is 4.79 Å². The van der Waals surface area contributed by atoms with Crippen molar-refractivity contribution in [3.63, 3.8) is 0 Å². The van der Waals surface area contributed by atoms with E-state index >= 15 is 0 Å². The highest BCUT2D eigenvalue weighted by atomic mass is 35.5. The highest BCUT2D eigenvalue weighted by molar-refractivity contribution is 6.42. The van der Waals surface area contributed by atoms with Crippen LogP contribution in [0.2, 0.25) is 10.2 Å². The third-order valence-electron chi connectivity index (χ3n) is 3.51. The second-order valence-electron chi connectivity index (χ2n) is 4.82. The molecule has 0 atom stereocenters. The van der Waals surface area contributed by atoms with E-state index in [2.05, 4.69) is 9.97 Å². The quantitative estimate of drug-likeness (QED) is 0.757. The molecule has 1 saturated heterocycles. The topological polar surface area (TPSA) is 46.1 Å². The Kier molecular flexibility index (Phi) is 3.76. The number of likely N-dealkylation sites (tertiary alicyclic amines) is 1. The SMILES string of the molecule is O=C(c1c(Cl)nc2ncccc2c1Cl)N1CCCCC1. The van der Waals surface area contributed by atoms with Crippen LogP contribution in [0.25, 0.3) is 11.0 Å². The first-order valence-corrected chi connectivity index (χ1v) is 7.33. The van der Waals surface area contributed by atoms with Crippen molar-refractivity contribution < 1.29 is 4.79 Å². The molecule has 0 unspecified atom stereocenters. The van der Waals surface area contributed by atoms with Crippen molar-refractivity contribution in [3.8, 4) is 0 Å². The van der Waals surface area contributed by atoms with Crippen LogP contribution in [-0.2, 0) is 0 Å². The van der Waals surface area contributed by atoms with Crippen LogP contribution >= 0.6 is 23.2 Å². The summed E-state index contributed by atoms with van der Waals surface area (Å²) in [5.41, 5.74) is 0.744. The van der Waals surface area contributed by atoms with E-state index in [4.69, 9.17) is 23.2 Å². The Hall–Kier alpha value is -1.39. The van der Waals surface area contributed by atoms with Crippen molar-refractivity contribution in [1.82, 2.24) is 14.9 Å². The zero-order valence-electron chi connectivity index (χ0n) is 10.8. The fourth-order valence-electron chi connectivity index (χ4n) is 2.47. The fourth-order valence-corrected chi connectivity index (χ4v) is 3.09. The fraction of sp³-hybridized carbons (Fsp3) is 0.357. The summed E-state index contributed by atoms with van der Waals surface area (Å²) < 4.78 is 0. The largest absolute Gasteiger partial charge is 0.339 e. The lowest BCUT2D eigenvalue weighted by atomic mass is 10.1. The van der Waals surface area contributed by atoms with E-state index in [1.54, 1.807) is 23.2 Å². The molecule has 1 aliphatic heterocycles. The Labute approximate surface area is 126 Å². The van der Waals surface area contributed by atoms with E-state index in [0.717, 1.165) is 32.4 Å². The van der Waals surface area contributed by atoms with Gasteiger partial charge in [-0.1, -0.05) is 23.2 Å². The maximum atomic E-state index is 12.6. The molecule has 4 nitrogen and oxygen atoms in total. The summed E-state index contributed by atoms with van der Waals surface area (Å²) in [7, 11) is 0. The van der Waals surface area contributed by atoms with Crippen molar-refractivity contribution in [2.45, 2.75) is 19.3 Å². The maximum Gasteiger partial charge on any atom is 0.258 e. The van der Waals surface area contributed by atoms with Gasteiger partial charge in [0.15, 0.2) is 5.65 Å². The van der Waals surface area contributed by atoms with Crippen molar-refractivity contribution in [2.75, 3.05) is 13.1 Å². The van der Waals surface area contributed by atoms with Gasteiger partial charge >= 0.3 is 0 Å². The van der Waals surface area contributed by atoms with E-state index in [0.29, 0.717) is 16.1 Å². The first-order chi connectivity index (χ1) is 9.68. The van der Waals surface area contributed by atoms with E-state index in [1.165, 1.54) is 0 Å². The molecule has 20 heavy (non-hydrogen) atoms. The summed E-state index contributed by atoms with van der Waals surface area (Å²) in [6, 6.07) is 3.56. The molecule has 6 heteroatoms. The molecular weight excluding hydrogens is 297 g/mol. The summed E-state index contributed by atoms with van der Waals surface area (Å²) in [5.74, 6) is -0.141. The molecule has 0 saturated carbocycles. The summed E-state index contributed by atoms with van der Waals surface area (Å²) in [4.78, 5) is 22.7. The van der Waals surface area contributed by atoms with Crippen LogP contribution in [-0.4, -0.2) is 33.9 Å². The molecule has 2 aromatic rings. The molecule has 0 aliphatic carbocycles. The number of nitrogens with zero attached hydrogens (tertiary/aromatic N) is 3. The van der Waals surface area contributed by atoms with E-state index in [-0.39, 0.29) is 16.6 Å². The van der Waals surface area contributed by atoms with Gasteiger partial charge < -0.3 is 4.90 Å².